The number of pyridine rings is 1. The molecule has 0 spiro atoms. The largest absolute Gasteiger partial charge is 0.417 e. The van der Waals surface area contributed by atoms with Crippen LogP contribution < -0.4 is 0 Å². The first-order valence-corrected chi connectivity index (χ1v) is 8.52. The Bertz CT molecular complexity index is 777. The molecule has 1 aliphatic carbocycles. The van der Waals surface area contributed by atoms with Crippen molar-refractivity contribution in [2.75, 3.05) is 0 Å². The van der Waals surface area contributed by atoms with E-state index in [1.165, 1.54) is 11.8 Å². The molecule has 0 amide bonds. The number of alkyl halides is 3. The van der Waals surface area contributed by atoms with Crippen LogP contribution in [0.5, 0.6) is 0 Å². The molecule has 1 saturated carbocycles. The highest BCUT2D eigenvalue weighted by atomic mass is 32.2. The number of rotatable bonds is 4. The Kier molecular flexibility index (Phi) is 4.55. The van der Waals surface area contributed by atoms with Crippen LogP contribution in [0.25, 0.3) is 0 Å². The van der Waals surface area contributed by atoms with Gasteiger partial charge in [0.25, 0.3) is 0 Å². The lowest BCUT2D eigenvalue weighted by atomic mass is 10.1. The molecular formula is C18H15F3N2S. The summed E-state index contributed by atoms with van der Waals surface area (Å²) in [4.78, 5) is 4.39. The van der Waals surface area contributed by atoms with Gasteiger partial charge in [-0.1, -0.05) is 42.1 Å². The lowest BCUT2D eigenvalue weighted by Gasteiger charge is -2.16. The Balaban J connectivity index is 2.02. The fourth-order valence-electron chi connectivity index (χ4n) is 2.51. The summed E-state index contributed by atoms with van der Waals surface area (Å²) < 4.78 is 40.1. The predicted molar refractivity (Wildman–Crippen MR) is 86.6 cm³/mol. The molecule has 2 aromatic rings. The fourth-order valence-corrected chi connectivity index (χ4v) is 3.57. The summed E-state index contributed by atoms with van der Waals surface area (Å²) in [6.45, 7) is 1.90. The van der Waals surface area contributed by atoms with Crippen molar-refractivity contribution in [3.8, 4) is 6.07 Å². The van der Waals surface area contributed by atoms with E-state index in [9.17, 15) is 18.4 Å². The molecule has 1 aromatic carbocycles. The van der Waals surface area contributed by atoms with E-state index in [4.69, 9.17) is 0 Å². The van der Waals surface area contributed by atoms with Crippen LogP contribution in [-0.2, 0) is 6.18 Å². The molecule has 2 nitrogen and oxygen atoms in total. The van der Waals surface area contributed by atoms with Gasteiger partial charge in [0, 0.05) is 16.9 Å². The molecule has 0 unspecified atom stereocenters. The molecule has 1 aromatic heterocycles. The summed E-state index contributed by atoms with van der Waals surface area (Å²) >= 11 is 1.20. The second-order valence-electron chi connectivity index (χ2n) is 5.83. The zero-order chi connectivity index (χ0) is 17.3. The average Bonchev–Trinajstić information content (AvgIpc) is 3.39. The van der Waals surface area contributed by atoms with Crippen LogP contribution in [0.4, 0.5) is 13.2 Å². The summed E-state index contributed by atoms with van der Waals surface area (Å²) in [7, 11) is 0. The van der Waals surface area contributed by atoms with Crippen molar-refractivity contribution in [3.63, 3.8) is 0 Å². The Hall–Kier alpha value is -2.00. The molecular weight excluding hydrogens is 333 g/mol. The topological polar surface area (TPSA) is 36.7 Å². The average molecular weight is 348 g/mol. The number of thioether (sulfide) groups is 1. The highest BCUT2D eigenvalue weighted by Gasteiger charge is 2.38. The third kappa shape index (κ3) is 3.57. The Morgan fingerprint density at radius 3 is 2.46 bits per heavy atom. The van der Waals surface area contributed by atoms with Crippen LogP contribution in [0, 0.1) is 11.3 Å². The van der Waals surface area contributed by atoms with Gasteiger partial charge >= 0.3 is 6.18 Å². The van der Waals surface area contributed by atoms with Gasteiger partial charge in [0.1, 0.15) is 11.1 Å². The molecule has 1 fully saturated rings. The molecule has 0 aliphatic heterocycles. The van der Waals surface area contributed by atoms with Crippen molar-refractivity contribution in [1.29, 1.82) is 5.26 Å². The molecule has 1 atom stereocenters. The van der Waals surface area contributed by atoms with Crippen LogP contribution in [0.15, 0.2) is 41.4 Å². The van der Waals surface area contributed by atoms with Crippen LogP contribution in [0.1, 0.15) is 53.3 Å². The van der Waals surface area contributed by atoms with Gasteiger partial charge < -0.3 is 0 Å². The molecule has 3 rings (SSSR count). The molecule has 0 radical (unpaired) electrons. The number of nitrogens with zero attached hydrogens (tertiary/aromatic N) is 2. The number of benzene rings is 1. The molecule has 24 heavy (non-hydrogen) atoms. The molecule has 1 aliphatic rings. The Labute approximate surface area is 142 Å². The van der Waals surface area contributed by atoms with Crippen molar-refractivity contribution in [1.82, 2.24) is 4.98 Å². The molecule has 1 heterocycles. The first-order valence-electron chi connectivity index (χ1n) is 7.64. The zero-order valence-corrected chi connectivity index (χ0v) is 13.8. The maximum Gasteiger partial charge on any atom is 0.417 e. The summed E-state index contributed by atoms with van der Waals surface area (Å²) in [5.74, 6) is 0.0882. The van der Waals surface area contributed by atoms with Crippen LogP contribution >= 0.6 is 11.8 Å². The van der Waals surface area contributed by atoms with E-state index < -0.39 is 11.7 Å². The number of aromatic nitrogens is 1. The van der Waals surface area contributed by atoms with Crippen molar-refractivity contribution < 1.29 is 13.2 Å². The lowest BCUT2D eigenvalue weighted by Crippen LogP contribution is -2.11. The second-order valence-corrected chi connectivity index (χ2v) is 7.16. The summed E-state index contributed by atoms with van der Waals surface area (Å²) in [6, 6.07) is 12.2. The van der Waals surface area contributed by atoms with E-state index >= 15 is 0 Å². The SMILES string of the molecule is C[C@@H](Sc1nc(C2CC2)cc(C(F)(F)F)c1C#N)c1ccccc1. The van der Waals surface area contributed by atoms with Gasteiger partial charge in [-0.25, -0.2) is 4.98 Å². The molecule has 0 bridgehead atoms. The number of hydrogen-bond donors (Lipinski definition) is 0. The summed E-state index contributed by atoms with van der Waals surface area (Å²) in [6.07, 6.45) is -2.84. The van der Waals surface area contributed by atoms with Crippen LogP contribution in [-0.4, -0.2) is 4.98 Å². The van der Waals surface area contributed by atoms with E-state index in [2.05, 4.69) is 4.98 Å². The first-order chi connectivity index (χ1) is 11.4. The first kappa shape index (κ1) is 16.8. The highest BCUT2D eigenvalue weighted by Crippen LogP contribution is 2.45. The van der Waals surface area contributed by atoms with E-state index in [0.29, 0.717) is 5.69 Å². The monoisotopic (exact) mass is 348 g/mol. The van der Waals surface area contributed by atoms with Crippen LogP contribution in [0.2, 0.25) is 0 Å². The molecule has 6 heteroatoms. The van der Waals surface area contributed by atoms with E-state index in [-0.39, 0.29) is 21.8 Å². The van der Waals surface area contributed by atoms with Crippen molar-refractivity contribution in [3.05, 3.63) is 58.8 Å². The summed E-state index contributed by atoms with van der Waals surface area (Å²) in [5.41, 5.74) is 0.187. The lowest BCUT2D eigenvalue weighted by molar-refractivity contribution is -0.138. The van der Waals surface area contributed by atoms with Gasteiger partial charge in [-0.15, -0.1) is 0 Å². The van der Waals surface area contributed by atoms with E-state index in [0.717, 1.165) is 24.5 Å². The minimum atomic E-state index is -4.55. The highest BCUT2D eigenvalue weighted by molar-refractivity contribution is 7.99. The van der Waals surface area contributed by atoms with Gasteiger partial charge in [0.15, 0.2) is 0 Å². The maximum absolute atomic E-state index is 13.4. The van der Waals surface area contributed by atoms with Crippen LogP contribution in [0.3, 0.4) is 0 Å². The Morgan fingerprint density at radius 2 is 1.92 bits per heavy atom. The third-order valence-electron chi connectivity index (χ3n) is 3.98. The van der Waals surface area contributed by atoms with Gasteiger partial charge in [-0.2, -0.15) is 18.4 Å². The van der Waals surface area contributed by atoms with E-state index in [1.807, 2.05) is 37.3 Å². The normalized spacial score (nSPS) is 15.8. The van der Waals surface area contributed by atoms with E-state index in [1.54, 1.807) is 6.07 Å². The number of nitriles is 1. The number of hydrogen-bond acceptors (Lipinski definition) is 3. The maximum atomic E-state index is 13.4. The van der Waals surface area contributed by atoms with Crippen molar-refractivity contribution >= 4 is 11.8 Å². The van der Waals surface area contributed by atoms with Crippen molar-refractivity contribution in [2.45, 2.75) is 42.1 Å². The number of halogens is 3. The quantitative estimate of drug-likeness (QED) is 0.665. The summed E-state index contributed by atoms with van der Waals surface area (Å²) in [5, 5.41) is 9.36. The standard InChI is InChI=1S/C18H15F3N2S/c1-11(12-5-3-2-4-6-12)24-17-14(10-22)15(18(19,20)21)9-16(23-17)13-7-8-13/h2-6,9,11,13H,7-8H2,1H3/t11-/m1/s1. The minimum Gasteiger partial charge on any atom is -0.245 e. The molecule has 0 N–H and O–H groups in total. The predicted octanol–water partition coefficient (Wildman–Crippen LogP) is 5.70. The second kappa shape index (κ2) is 6.48. The van der Waals surface area contributed by atoms with Crippen molar-refractivity contribution in [2.24, 2.45) is 0 Å². The zero-order valence-electron chi connectivity index (χ0n) is 13.0. The minimum absolute atomic E-state index is 0.0882. The smallest absolute Gasteiger partial charge is 0.245 e. The van der Waals surface area contributed by atoms with Gasteiger partial charge in [0.2, 0.25) is 0 Å². The van der Waals surface area contributed by atoms with Gasteiger partial charge in [0.05, 0.1) is 11.1 Å². The molecule has 0 saturated heterocycles. The van der Waals surface area contributed by atoms with Gasteiger partial charge in [-0.3, -0.25) is 0 Å². The van der Waals surface area contributed by atoms with Gasteiger partial charge in [-0.05, 0) is 31.4 Å². The third-order valence-corrected chi connectivity index (χ3v) is 5.12. The molecule has 124 valence electrons. The Morgan fingerprint density at radius 1 is 1.25 bits per heavy atom. The fraction of sp³-hybridized carbons (Fsp3) is 0.333.